The maximum absolute atomic E-state index is 12.8. The van der Waals surface area contributed by atoms with Gasteiger partial charge in [-0.05, 0) is 73.9 Å². The molecule has 3 rings (SSSR count). The second kappa shape index (κ2) is 10.1. The molecule has 0 aliphatic carbocycles. The summed E-state index contributed by atoms with van der Waals surface area (Å²) in [5.41, 5.74) is 2.77. The van der Waals surface area contributed by atoms with Crippen molar-refractivity contribution >= 4 is 38.9 Å². The third-order valence-corrected chi connectivity index (χ3v) is 6.53. The minimum Gasteiger partial charge on any atom is -0.479 e. The zero-order chi connectivity index (χ0) is 23.3. The molecular formula is C24H25ClN2O4S. The van der Waals surface area contributed by atoms with Crippen LogP contribution in [0.2, 0.25) is 5.02 Å². The number of hydrogen-bond acceptors (Lipinski definition) is 4. The number of hydrogen-bond donors (Lipinski definition) is 2. The molecule has 8 heteroatoms. The highest BCUT2D eigenvalue weighted by atomic mass is 35.5. The molecule has 0 aliphatic rings. The zero-order valence-corrected chi connectivity index (χ0v) is 19.6. The molecule has 3 aromatic rings. The molecule has 0 aromatic heterocycles. The van der Waals surface area contributed by atoms with Crippen LogP contribution >= 0.6 is 11.6 Å². The fourth-order valence-electron chi connectivity index (χ4n) is 3.01. The van der Waals surface area contributed by atoms with Gasteiger partial charge < -0.3 is 10.1 Å². The number of rotatable bonds is 8. The van der Waals surface area contributed by atoms with E-state index in [1.165, 1.54) is 24.3 Å². The average molecular weight is 473 g/mol. The van der Waals surface area contributed by atoms with Crippen LogP contribution < -0.4 is 14.8 Å². The number of nitrogens with one attached hydrogen (secondary N) is 2. The van der Waals surface area contributed by atoms with Gasteiger partial charge >= 0.3 is 0 Å². The smallest absolute Gasteiger partial charge is 0.265 e. The van der Waals surface area contributed by atoms with Crippen LogP contribution in [0.4, 0.5) is 11.4 Å². The van der Waals surface area contributed by atoms with E-state index in [1.54, 1.807) is 30.3 Å². The molecule has 2 N–H and O–H groups in total. The van der Waals surface area contributed by atoms with Gasteiger partial charge in [-0.2, -0.15) is 0 Å². The third kappa shape index (κ3) is 5.81. The number of amides is 1. The Kier molecular flexibility index (Phi) is 7.43. The van der Waals surface area contributed by atoms with Crippen molar-refractivity contribution in [1.29, 1.82) is 0 Å². The van der Waals surface area contributed by atoms with Gasteiger partial charge in [0, 0.05) is 5.69 Å². The lowest BCUT2D eigenvalue weighted by Gasteiger charge is -2.18. The van der Waals surface area contributed by atoms with E-state index in [1.807, 2.05) is 32.9 Å². The van der Waals surface area contributed by atoms with E-state index in [9.17, 15) is 13.2 Å². The van der Waals surface area contributed by atoms with E-state index in [2.05, 4.69) is 10.0 Å². The molecule has 0 saturated heterocycles. The van der Waals surface area contributed by atoms with Crippen LogP contribution in [-0.2, 0) is 14.8 Å². The summed E-state index contributed by atoms with van der Waals surface area (Å²) in [6, 6.07) is 18.5. The van der Waals surface area contributed by atoms with Gasteiger partial charge in [-0.1, -0.05) is 42.8 Å². The molecule has 0 unspecified atom stereocenters. The molecule has 6 nitrogen and oxygen atoms in total. The van der Waals surface area contributed by atoms with Crippen molar-refractivity contribution in [3.63, 3.8) is 0 Å². The van der Waals surface area contributed by atoms with Gasteiger partial charge in [0.15, 0.2) is 6.10 Å². The van der Waals surface area contributed by atoms with Gasteiger partial charge in [-0.15, -0.1) is 0 Å². The van der Waals surface area contributed by atoms with Crippen molar-refractivity contribution in [3.05, 3.63) is 82.9 Å². The number of halogens is 1. The van der Waals surface area contributed by atoms with Crippen molar-refractivity contribution in [2.75, 3.05) is 10.0 Å². The van der Waals surface area contributed by atoms with Gasteiger partial charge in [-0.3, -0.25) is 9.52 Å². The topological polar surface area (TPSA) is 84.5 Å². The van der Waals surface area contributed by atoms with Gasteiger partial charge in [0.1, 0.15) is 5.75 Å². The second-order valence-corrected chi connectivity index (χ2v) is 9.47. The summed E-state index contributed by atoms with van der Waals surface area (Å²) in [4.78, 5) is 12.7. The summed E-state index contributed by atoms with van der Waals surface area (Å²) in [6.07, 6.45) is -0.312. The predicted molar refractivity (Wildman–Crippen MR) is 128 cm³/mol. The summed E-state index contributed by atoms with van der Waals surface area (Å²) in [7, 11) is -3.77. The SMILES string of the molecule is CC[C@H](Oc1ccccc1Cl)C(=O)Nc1ccc(S(=O)(=O)Nc2cc(C)ccc2C)cc1. The zero-order valence-electron chi connectivity index (χ0n) is 18.1. The predicted octanol–water partition coefficient (Wildman–Crippen LogP) is 5.55. The van der Waals surface area contributed by atoms with Crippen molar-refractivity contribution in [2.45, 2.75) is 38.2 Å². The lowest BCUT2D eigenvalue weighted by atomic mass is 10.1. The molecule has 0 aliphatic heterocycles. The molecule has 0 saturated carbocycles. The first-order valence-corrected chi connectivity index (χ1v) is 12.0. The van der Waals surface area contributed by atoms with Crippen LogP contribution in [0.3, 0.4) is 0 Å². The Labute approximate surface area is 193 Å². The Morgan fingerprint density at radius 3 is 2.38 bits per heavy atom. The molecule has 168 valence electrons. The number of aryl methyl sites for hydroxylation is 2. The van der Waals surface area contributed by atoms with Crippen molar-refractivity contribution < 1.29 is 17.9 Å². The fourth-order valence-corrected chi connectivity index (χ4v) is 4.31. The number of para-hydroxylation sites is 1. The maximum atomic E-state index is 12.8. The molecule has 0 spiro atoms. The Morgan fingerprint density at radius 2 is 1.72 bits per heavy atom. The van der Waals surface area contributed by atoms with Crippen molar-refractivity contribution in [3.8, 4) is 5.75 Å². The van der Waals surface area contributed by atoms with Gasteiger partial charge in [0.2, 0.25) is 0 Å². The number of ether oxygens (including phenoxy) is 1. The van der Waals surface area contributed by atoms with Crippen LogP contribution in [0.25, 0.3) is 0 Å². The Hall–Kier alpha value is -3.03. The molecule has 0 bridgehead atoms. The van der Waals surface area contributed by atoms with Crippen LogP contribution in [0.15, 0.2) is 71.6 Å². The van der Waals surface area contributed by atoms with Crippen LogP contribution in [0.5, 0.6) is 5.75 Å². The summed E-state index contributed by atoms with van der Waals surface area (Å²) < 4.78 is 33.9. The standard InChI is InChI=1S/C24H25ClN2O4S/c1-4-22(31-23-8-6-5-7-20(23)25)24(28)26-18-11-13-19(14-12-18)32(29,30)27-21-15-16(2)9-10-17(21)3/h5-15,22,27H,4H2,1-3H3,(H,26,28)/t22-/m0/s1. The first-order chi connectivity index (χ1) is 15.2. The number of carbonyl (C=O) groups is 1. The van der Waals surface area contributed by atoms with Crippen LogP contribution in [0.1, 0.15) is 24.5 Å². The van der Waals surface area contributed by atoms with Gasteiger partial charge in [-0.25, -0.2) is 8.42 Å². The highest BCUT2D eigenvalue weighted by Gasteiger charge is 2.20. The Balaban J connectivity index is 1.70. The highest BCUT2D eigenvalue weighted by Crippen LogP contribution is 2.26. The molecule has 1 amide bonds. The molecule has 0 fully saturated rings. The largest absolute Gasteiger partial charge is 0.479 e. The Morgan fingerprint density at radius 1 is 1.03 bits per heavy atom. The minimum absolute atomic E-state index is 0.0933. The van der Waals surface area contributed by atoms with Gasteiger partial charge in [0.25, 0.3) is 15.9 Å². The normalized spacial score (nSPS) is 12.1. The number of sulfonamides is 1. The molecule has 1 atom stereocenters. The molecular weight excluding hydrogens is 448 g/mol. The Bertz CT molecular complexity index is 1210. The van der Waals surface area contributed by atoms with E-state index >= 15 is 0 Å². The fraction of sp³-hybridized carbons (Fsp3) is 0.208. The summed E-state index contributed by atoms with van der Waals surface area (Å²) in [6.45, 7) is 5.56. The second-order valence-electron chi connectivity index (χ2n) is 7.38. The first-order valence-electron chi connectivity index (χ1n) is 10.1. The maximum Gasteiger partial charge on any atom is 0.265 e. The number of carbonyl (C=O) groups excluding carboxylic acids is 1. The molecule has 3 aromatic carbocycles. The van der Waals surface area contributed by atoms with E-state index in [-0.39, 0.29) is 10.8 Å². The highest BCUT2D eigenvalue weighted by molar-refractivity contribution is 7.92. The van der Waals surface area contributed by atoms with Crippen LogP contribution in [-0.4, -0.2) is 20.4 Å². The van der Waals surface area contributed by atoms with E-state index in [4.69, 9.17) is 16.3 Å². The van der Waals surface area contributed by atoms with E-state index in [0.717, 1.165) is 11.1 Å². The summed E-state index contributed by atoms with van der Waals surface area (Å²) in [5.74, 6) is 0.0756. The molecule has 32 heavy (non-hydrogen) atoms. The van der Waals surface area contributed by atoms with Crippen molar-refractivity contribution in [2.24, 2.45) is 0 Å². The lowest BCUT2D eigenvalue weighted by molar-refractivity contribution is -0.122. The lowest BCUT2D eigenvalue weighted by Crippen LogP contribution is -2.32. The summed E-state index contributed by atoms with van der Waals surface area (Å²) >= 11 is 6.11. The van der Waals surface area contributed by atoms with Crippen LogP contribution in [0, 0.1) is 13.8 Å². The average Bonchev–Trinajstić information content (AvgIpc) is 2.76. The number of benzene rings is 3. The minimum atomic E-state index is -3.77. The molecule has 0 radical (unpaired) electrons. The quantitative estimate of drug-likeness (QED) is 0.450. The monoisotopic (exact) mass is 472 g/mol. The molecule has 0 heterocycles. The van der Waals surface area contributed by atoms with Gasteiger partial charge in [0.05, 0.1) is 15.6 Å². The number of anilines is 2. The van der Waals surface area contributed by atoms with E-state index < -0.39 is 16.1 Å². The summed E-state index contributed by atoms with van der Waals surface area (Å²) in [5, 5.41) is 3.18. The van der Waals surface area contributed by atoms with Crippen molar-refractivity contribution in [1.82, 2.24) is 0 Å². The first kappa shape index (κ1) is 23.6. The van der Waals surface area contributed by atoms with E-state index in [0.29, 0.717) is 28.6 Å². The third-order valence-electron chi connectivity index (χ3n) is 4.84.